The summed E-state index contributed by atoms with van der Waals surface area (Å²) in [4.78, 5) is 58.7. The molecule has 6 rings (SSSR count). The maximum atomic E-state index is 14.1. The molecule has 0 aliphatic carbocycles. The van der Waals surface area contributed by atoms with Crippen molar-refractivity contribution in [3.63, 3.8) is 0 Å². The summed E-state index contributed by atoms with van der Waals surface area (Å²) in [5.41, 5.74) is 1.46. The van der Waals surface area contributed by atoms with E-state index in [0.29, 0.717) is 37.7 Å². The van der Waals surface area contributed by atoms with E-state index in [-0.39, 0.29) is 40.8 Å². The van der Waals surface area contributed by atoms with Gasteiger partial charge in [-0.25, -0.2) is 23.5 Å². The number of urea groups is 1. The molecular weight excluding hydrogens is 695 g/mol. The zero-order valence-electron chi connectivity index (χ0n) is 27.6. The van der Waals surface area contributed by atoms with E-state index >= 15 is 0 Å². The number of carbonyl (C=O) groups excluding carboxylic acids is 4. The highest BCUT2D eigenvalue weighted by molar-refractivity contribution is 6.05. The van der Waals surface area contributed by atoms with Crippen LogP contribution in [0.1, 0.15) is 65.4 Å². The fourth-order valence-corrected chi connectivity index (χ4v) is 6.16. The summed E-state index contributed by atoms with van der Waals surface area (Å²) >= 11 is 0. The molecule has 5 amide bonds. The van der Waals surface area contributed by atoms with E-state index in [1.54, 1.807) is 11.4 Å². The average Bonchev–Trinajstić information content (AvgIpc) is 3.59. The molecule has 2 aromatic heterocycles. The molecular formula is C34H33F5N8O5. The van der Waals surface area contributed by atoms with Gasteiger partial charge in [0.25, 0.3) is 5.91 Å². The number of aromatic nitrogens is 2. The minimum Gasteiger partial charge on any atom is -0.455 e. The fourth-order valence-electron chi connectivity index (χ4n) is 6.16. The molecule has 1 saturated heterocycles. The summed E-state index contributed by atoms with van der Waals surface area (Å²) in [5.74, 6) is -3.72. The van der Waals surface area contributed by atoms with Crippen LogP contribution >= 0.6 is 0 Å². The number of unbranched alkanes of at least 4 members (excludes halogenated alkanes) is 2. The number of amides is 5. The van der Waals surface area contributed by atoms with Gasteiger partial charge in [0.15, 0.2) is 17.4 Å². The summed E-state index contributed by atoms with van der Waals surface area (Å²) < 4.78 is 74.7. The number of aryl methyl sites for hydroxylation is 1. The van der Waals surface area contributed by atoms with E-state index in [9.17, 15) is 41.1 Å². The van der Waals surface area contributed by atoms with Gasteiger partial charge in [-0.05, 0) is 62.4 Å². The molecule has 0 radical (unpaired) electrons. The van der Waals surface area contributed by atoms with Gasteiger partial charge < -0.3 is 30.6 Å². The topological polar surface area (TPSA) is 171 Å². The first-order valence-electron chi connectivity index (χ1n) is 16.4. The Balaban J connectivity index is 0.917. The zero-order valence-corrected chi connectivity index (χ0v) is 27.6. The molecule has 274 valence electrons. The molecule has 0 bridgehead atoms. The van der Waals surface area contributed by atoms with Gasteiger partial charge in [-0.1, -0.05) is 0 Å². The standard InChI is InChI=1S/C34H33F5N8O5/c1-17-23-12-19(35)13-24(36)28(23)52-27(17)29(34(37,38)39)46-33(51)44-21-14-42-32(43-15-21)41-10-4-2-3-9-40-20-5-6-22-18(11-20)16-47(31(22)50)25-7-8-26(48)45-30(25)49/h5-6,11-15,25,29,40H,2-4,7-10,16H2,1H3,(H,41,42,43)(H2,44,46,51)(H,45,48,49)/t25?,29-/m1/s1. The van der Waals surface area contributed by atoms with Crippen LogP contribution in [0.2, 0.25) is 0 Å². The molecule has 2 atom stereocenters. The van der Waals surface area contributed by atoms with E-state index < -0.39 is 53.2 Å². The van der Waals surface area contributed by atoms with Crippen LogP contribution in [0.4, 0.5) is 44.1 Å². The molecule has 52 heavy (non-hydrogen) atoms. The number of hydrogen-bond donors (Lipinski definition) is 5. The van der Waals surface area contributed by atoms with Gasteiger partial charge in [0.1, 0.15) is 17.6 Å². The zero-order chi connectivity index (χ0) is 37.2. The minimum absolute atomic E-state index is 0.00379. The molecule has 2 aromatic carbocycles. The van der Waals surface area contributed by atoms with Gasteiger partial charge in [-0.2, -0.15) is 13.2 Å². The monoisotopic (exact) mass is 728 g/mol. The summed E-state index contributed by atoms with van der Waals surface area (Å²) in [7, 11) is 0. The first-order chi connectivity index (χ1) is 24.8. The van der Waals surface area contributed by atoms with Crippen LogP contribution in [-0.2, 0) is 16.1 Å². The number of halogens is 5. The SMILES string of the molecule is Cc1c([C@@H](NC(=O)Nc2cnc(NCCCCCNc3ccc4c(c3)CN(C3CCC(=O)NC3=O)C4=O)nc2)C(F)(F)F)oc2c(F)cc(F)cc12. The molecule has 18 heteroatoms. The number of nitrogens with zero attached hydrogens (tertiary/aromatic N) is 3. The largest absolute Gasteiger partial charge is 0.455 e. The van der Waals surface area contributed by atoms with Crippen LogP contribution in [0.25, 0.3) is 11.0 Å². The number of anilines is 3. The van der Waals surface area contributed by atoms with E-state index in [2.05, 4.69) is 31.2 Å². The molecule has 5 N–H and O–H groups in total. The Labute approximate surface area is 292 Å². The molecule has 2 aliphatic rings. The summed E-state index contributed by atoms with van der Waals surface area (Å²) in [6.07, 6.45) is 0.326. The van der Waals surface area contributed by atoms with Gasteiger partial charge in [0.05, 0.1) is 18.1 Å². The normalized spacial score (nSPS) is 16.5. The molecule has 13 nitrogen and oxygen atoms in total. The summed E-state index contributed by atoms with van der Waals surface area (Å²) in [6, 6.07) is 2.20. The number of nitrogens with one attached hydrogen (secondary N) is 5. The number of rotatable bonds is 12. The lowest BCUT2D eigenvalue weighted by atomic mass is 10.0. The van der Waals surface area contributed by atoms with Crippen LogP contribution in [0.15, 0.2) is 47.1 Å². The molecule has 1 fully saturated rings. The van der Waals surface area contributed by atoms with Crippen molar-refractivity contribution in [3.05, 3.63) is 76.8 Å². The van der Waals surface area contributed by atoms with Crippen molar-refractivity contribution in [2.45, 2.75) is 63.8 Å². The maximum absolute atomic E-state index is 14.1. The van der Waals surface area contributed by atoms with Crippen molar-refractivity contribution >= 4 is 52.0 Å². The average molecular weight is 729 g/mol. The highest BCUT2D eigenvalue weighted by atomic mass is 19.4. The molecule has 0 spiro atoms. The molecule has 1 unspecified atom stereocenters. The number of hydrogen-bond acceptors (Lipinski definition) is 9. The Bertz CT molecular complexity index is 2020. The van der Waals surface area contributed by atoms with Crippen LogP contribution in [0.3, 0.4) is 0 Å². The second-order valence-electron chi connectivity index (χ2n) is 12.4. The summed E-state index contributed by atoms with van der Waals surface area (Å²) in [6.45, 7) is 2.70. The number of carbonyl (C=O) groups is 4. The first kappa shape index (κ1) is 36.0. The van der Waals surface area contributed by atoms with Crippen molar-refractivity contribution in [1.82, 2.24) is 25.5 Å². The number of furan rings is 1. The lowest BCUT2D eigenvalue weighted by Gasteiger charge is -2.29. The Hall–Kier alpha value is -5.81. The molecule has 2 aliphatic heterocycles. The highest BCUT2D eigenvalue weighted by Gasteiger charge is 2.45. The van der Waals surface area contributed by atoms with Crippen molar-refractivity contribution in [1.29, 1.82) is 0 Å². The number of benzene rings is 2. The number of imide groups is 1. The van der Waals surface area contributed by atoms with Gasteiger partial charge in [-0.3, -0.25) is 19.7 Å². The van der Waals surface area contributed by atoms with Crippen LogP contribution in [0, 0.1) is 18.6 Å². The van der Waals surface area contributed by atoms with Gasteiger partial charge in [0.2, 0.25) is 17.8 Å². The van der Waals surface area contributed by atoms with Gasteiger partial charge >= 0.3 is 12.2 Å². The number of alkyl halides is 3. The molecule has 4 heterocycles. The van der Waals surface area contributed by atoms with E-state index in [4.69, 9.17) is 4.42 Å². The molecule has 0 saturated carbocycles. The predicted octanol–water partition coefficient (Wildman–Crippen LogP) is 5.69. The van der Waals surface area contributed by atoms with Crippen molar-refractivity contribution < 1.29 is 45.5 Å². The lowest BCUT2D eigenvalue weighted by molar-refractivity contribution is -0.158. The number of fused-ring (bicyclic) bond motifs is 2. The van der Waals surface area contributed by atoms with E-state index in [1.807, 2.05) is 12.1 Å². The Morgan fingerprint density at radius 2 is 1.75 bits per heavy atom. The van der Waals surface area contributed by atoms with Crippen LogP contribution in [-0.4, -0.2) is 63.9 Å². The fraction of sp³-hybridized carbons (Fsp3) is 0.353. The third kappa shape index (κ3) is 7.89. The quantitative estimate of drug-likeness (QED) is 0.0699. The highest BCUT2D eigenvalue weighted by Crippen LogP contribution is 2.39. The Morgan fingerprint density at radius 1 is 1.02 bits per heavy atom. The van der Waals surface area contributed by atoms with Crippen LogP contribution < -0.4 is 26.6 Å². The third-order valence-corrected chi connectivity index (χ3v) is 8.76. The second-order valence-corrected chi connectivity index (χ2v) is 12.4. The minimum atomic E-state index is -5.03. The predicted molar refractivity (Wildman–Crippen MR) is 177 cm³/mol. The smallest absolute Gasteiger partial charge is 0.416 e. The van der Waals surface area contributed by atoms with Crippen LogP contribution in [0.5, 0.6) is 0 Å². The Kier molecular flexibility index (Phi) is 10.3. The third-order valence-electron chi connectivity index (χ3n) is 8.76. The van der Waals surface area contributed by atoms with E-state index in [1.165, 1.54) is 24.2 Å². The summed E-state index contributed by atoms with van der Waals surface area (Å²) in [5, 5.41) is 12.5. The molecule has 4 aromatic rings. The number of piperidine rings is 1. The lowest BCUT2D eigenvalue weighted by Crippen LogP contribution is -2.52. The second kappa shape index (κ2) is 14.8. The van der Waals surface area contributed by atoms with Gasteiger partial charge in [-0.15, -0.1) is 0 Å². The van der Waals surface area contributed by atoms with Gasteiger partial charge in [0, 0.05) is 54.3 Å². The maximum Gasteiger partial charge on any atom is 0.416 e. The van der Waals surface area contributed by atoms with Crippen molar-refractivity contribution in [2.24, 2.45) is 0 Å². The van der Waals surface area contributed by atoms with Crippen molar-refractivity contribution in [3.8, 4) is 0 Å². The van der Waals surface area contributed by atoms with E-state index in [0.717, 1.165) is 36.6 Å². The van der Waals surface area contributed by atoms with Crippen molar-refractivity contribution in [2.75, 3.05) is 29.0 Å². The Morgan fingerprint density at radius 3 is 2.46 bits per heavy atom. The first-order valence-corrected chi connectivity index (χ1v) is 16.4.